The van der Waals surface area contributed by atoms with E-state index in [-0.39, 0.29) is 135 Å². The maximum atomic E-state index is 17.0. The fourth-order valence-electron chi connectivity index (χ4n) is 18.5. The van der Waals surface area contributed by atoms with E-state index in [1.54, 1.807) is 66.9 Å². The van der Waals surface area contributed by atoms with Crippen LogP contribution in [-0.4, -0.2) is 130 Å². The minimum absolute atomic E-state index is 0.00793. The number of benzene rings is 11. The van der Waals surface area contributed by atoms with Crippen molar-refractivity contribution >= 4 is 96.3 Å². The number of nitrogens with zero attached hydrogens (tertiary/aromatic N) is 2. The second kappa shape index (κ2) is 35.0. The summed E-state index contributed by atoms with van der Waals surface area (Å²) in [6, 6.07) is 53.6. The number of carbonyl (C=O) groups is 6. The van der Waals surface area contributed by atoms with E-state index in [4.69, 9.17) is 55.0 Å². The van der Waals surface area contributed by atoms with Crippen molar-refractivity contribution in [3.05, 3.63) is 238 Å². The first-order chi connectivity index (χ1) is 59.1. The second-order valence-electron chi connectivity index (χ2n) is 37.7. The van der Waals surface area contributed by atoms with Crippen LogP contribution in [0.5, 0.6) is 46.0 Å². The molecular formula is C102H114N2O18Si2. The summed E-state index contributed by atoms with van der Waals surface area (Å²) in [7, 11) is 3.28. The zero-order valence-corrected chi connectivity index (χ0v) is 76.5. The molecule has 0 radical (unpaired) electrons. The molecule has 0 saturated heterocycles. The Balaban J connectivity index is 1.03. The normalized spacial score (nSPS) is 17.9. The van der Waals surface area contributed by atoms with Crippen LogP contribution in [0, 0.1) is 11.8 Å². The monoisotopic (exact) mass is 1710 g/mol. The summed E-state index contributed by atoms with van der Waals surface area (Å²) in [5, 5.41) is 2.03. The zero-order chi connectivity index (χ0) is 88.3. The summed E-state index contributed by atoms with van der Waals surface area (Å²) in [5.74, 6) is -3.12. The van der Waals surface area contributed by atoms with E-state index in [0.29, 0.717) is 84.7 Å². The molecule has 124 heavy (non-hydrogen) atoms. The number of esters is 2. The predicted octanol–water partition coefficient (Wildman–Crippen LogP) is 22.5. The standard InChI is InChI=1S/C102H114N2O18Si2/c1-99(2,3)65-35-43-69(44-36-65)117-81-55-75-85-76(94(106)103(93(75)105)79(53-61-27-21-19-22-28-61)97(109)121-73-33-25-31-63(51-73)59-123(111-13,112-14)113-15)57-83(119-71-47-39-67(40-48-71)101(7,8)9)89-90-84(120-72-49-41-68(42-50-72)102(10,11)12)58-78-86-77(56-82(88(92(86)90)87(81)91(85)89)118-70-45-37-66(38-46-70)100(4,5)6)95(107)104(96(78)108)80(54-62-29-23-20-24-30-62)98(110)122-74-34-26-32-64(52-74)60-124(114-16,115-17)116-18/h19-24,27-30,35-50,55-58,63-64,73-74,79-80H,25-26,31-34,51-54,59-60H2,1-18H3. The summed E-state index contributed by atoms with van der Waals surface area (Å²) >= 11 is 0. The maximum absolute atomic E-state index is 17.0. The number of fused-ring (bicyclic) bond motifs is 2. The number of carbonyl (C=O) groups excluding carboxylic acids is 6. The summed E-state index contributed by atoms with van der Waals surface area (Å²) < 4.78 is 78.7. The molecule has 4 amide bonds. The van der Waals surface area contributed by atoms with E-state index in [1.165, 1.54) is 0 Å². The molecule has 0 spiro atoms. The number of amides is 4. The van der Waals surface area contributed by atoms with Crippen molar-refractivity contribution in [3.8, 4) is 46.0 Å². The van der Waals surface area contributed by atoms with Gasteiger partial charge in [0.1, 0.15) is 70.3 Å². The SMILES string of the molecule is CO[Si](CC1CCCC(OC(=O)C(Cc2ccccc2)N2C(=O)c3cc(Oc4ccc(C(C)(C)C)cc4)c4c5c(Oc6ccc(C(C)(C)C)cc6)cc6c7c(cc(Oc8ccc(C(C)(C)C)cc8)c(c8c(Oc9ccc(C(C)(C)C)cc9)cc(c3c48)C2=O)c75)C(=O)N(C(Cc2ccccc2)C(=O)OC2CCCC(C[Si](OC)(OC)OC)C2)C6=O)C1)(OC)OC. The van der Waals surface area contributed by atoms with Crippen molar-refractivity contribution in [2.45, 2.75) is 205 Å². The van der Waals surface area contributed by atoms with E-state index < -0.39 is 77.5 Å². The van der Waals surface area contributed by atoms with Crippen molar-refractivity contribution in [1.29, 1.82) is 0 Å². The van der Waals surface area contributed by atoms with Crippen LogP contribution in [-0.2, 0) is 80.1 Å². The van der Waals surface area contributed by atoms with Crippen LogP contribution in [0.25, 0.3) is 43.1 Å². The third kappa shape index (κ3) is 17.6. The number of hydrogen-bond donors (Lipinski definition) is 0. The fourth-order valence-corrected chi connectivity index (χ4v) is 22.7. The van der Waals surface area contributed by atoms with Crippen LogP contribution in [0.4, 0.5) is 0 Å². The first-order valence-electron chi connectivity index (χ1n) is 43.1. The molecule has 22 heteroatoms. The van der Waals surface area contributed by atoms with Crippen LogP contribution < -0.4 is 18.9 Å². The summed E-state index contributed by atoms with van der Waals surface area (Å²) in [6.45, 7) is 25.4. The molecule has 2 aliphatic heterocycles. The Morgan fingerprint density at radius 3 is 0.823 bits per heavy atom. The highest BCUT2D eigenvalue weighted by atomic mass is 28.4. The lowest BCUT2D eigenvalue weighted by molar-refractivity contribution is -0.156. The summed E-state index contributed by atoms with van der Waals surface area (Å²) in [5.41, 5.74) is 4.14. The molecule has 0 aromatic heterocycles. The molecule has 6 unspecified atom stereocenters. The van der Waals surface area contributed by atoms with Crippen molar-refractivity contribution in [2.75, 3.05) is 42.7 Å². The van der Waals surface area contributed by atoms with Gasteiger partial charge in [0, 0.05) is 111 Å². The highest BCUT2D eigenvalue weighted by molar-refractivity contribution is 6.61. The molecule has 6 atom stereocenters. The Hall–Kier alpha value is -10.7. The molecule has 2 heterocycles. The van der Waals surface area contributed by atoms with Gasteiger partial charge in [0.15, 0.2) is 0 Å². The topological polar surface area (TPSA) is 220 Å². The lowest BCUT2D eigenvalue weighted by atomic mass is 9.80. The van der Waals surface area contributed by atoms with Gasteiger partial charge in [-0.1, -0.05) is 205 Å². The van der Waals surface area contributed by atoms with Crippen LogP contribution in [0.3, 0.4) is 0 Å². The average molecular weight is 1710 g/mol. The Bertz CT molecular complexity index is 5200. The molecule has 0 N–H and O–H groups in total. The van der Waals surface area contributed by atoms with Gasteiger partial charge >= 0.3 is 29.5 Å². The predicted molar refractivity (Wildman–Crippen MR) is 484 cm³/mol. The minimum atomic E-state index is -3.09. The van der Waals surface area contributed by atoms with Crippen LogP contribution in [0.1, 0.15) is 209 Å². The van der Waals surface area contributed by atoms with Gasteiger partial charge in [0.2, 0.25) is 0 Å². The smallest absolute Gasteiger partial charge is 0.461 e. The van der Waals surface area contributed by atoms with Gasteiger partial charge in [-0.15, -0.1) is 0 Å². The quantitative estimate of drug-likeness (QED) is 0.0146. The number of ether oxygens (including phenoxy) is 6. The van der Waals surface area contributed by atoms with Gasteiger partial charge < -0.3 is 55.0 Å². The Morgan fingerprint density at radius 2 is 0.589 bits per heavy atom. The third-order valence-corrected chi connectivity index (χ3v) is 31.3. The van der Waals surface area contributed by atoms with E-state index in [2.05, 4.69) is 83.1 Å². The zero-order valence-electron chi connectivity index (χ0n) is 74.5. The first kappa shape index (κ1) is 88.2. The number of hydrogen-bond acceptors (Lipinski definition) is 18. The third-order valence-electron chi connectivity index (χ3n) is 25.4. The molecule has 2 saturated carbocycles. The number of imide groups is 2. The maximum Gasteiger partial charge on any atom is 0.500 e. The van der Waals surface area contributed by atoms with Gasteiger partial charge in [0.25, 0.3) is 23.6 Å². The van der Waals surface area contributed by atoms with Crippen LogP contribution in [0.2, 0.25) is 12.1 Å². The molecule has 0 bridgehead atoms. The highest BCUT2D eigenvalue weighted by Gasteiger charge is 2.50. The lowest BCUT2D eigenvalue weighted by Gasteiger charge is -2.37. The van der Waals surface area contributed by atoms with E-state index in [9.17, 15) is 0 Å². The van der Waals surface area contributed by atoms with Crippen LogP contribution >= 0.6 is 0 Å². The van der Waals surface area contributed by atoms with Crippen molar-refractivity contribution in [1.82, 2.24) is 9.80 Å². The Labute approximate surface area is 729 Å². The summed E-state index contributed by atoms with van der Waals surface area (Å²) in [4.78, 5) is 102. The van der Waals surface area contributed by atoms with Gasteiger partial charge in [0.05, 0.1) is 22.3 Å². The van der Waals surface area contributed by atoms with Crippen molar-refractivity contribution < 1.29 is 83.7 Å². The second-order valence-corrected chi connectivity index (χ2v) is 43.7. The van der Waals surface area contributed by atoms with E-state index in [1.807, 2.05) is 158 Å². The van der Waals surface area contributed by atoms with Gasteiger partial charge in [-0.3, -0.25) is 29.0 Å². The van der Waals surface area contributed by atoms with E-state index in [0.717, 1.165) is 44.9 Å². The molecule has 648 valence electrons. The molecule has 2 fully saturated rings. The van der Waals surface area contributed by atoms with Crippen molar-refractivity contribution in [3.63, 3.8) is 0 Å². The highest BCUT2D eigenvalue weighted by Crippen LogP contribution is 2.59. The largest absolute Gasteiger partial charge is 0.500 e. The number of rotatable bonds is 28. The lowest BCUT2D eigenvalue weighted by Crippen LogP contribution is -2.53. The van der Waals surface area contributed by atoms with Crippen molar-refractivity contribution in [2.24, 2.45) is 11.8 Å². The Morgan fingerprint density at radius 1 is 0.339 bits per heavy atom. The molecule has 11 aromatic rings. The molecule has 20 nitrogen and oxygen atoms in total. The molecule has 2 aliphatic carbocycles. The molecule has 15 rings (SSSR count). The molecule has 11 aromatic carbocycles. The van der Waals surface area contributed by atoms with Gasteiger partial charge in [-0.2, -0.15) is 0 Å². The molecule has 4 aliphatic rings. The first-order valence-corrected chi connectivity index (χ1v) is 47.0. The Kier molecular flexibility index (Phi) is 24.9. The average Bonchev–Trinajstić information content (AvgIpc) is 0.669. The van der Waals surface area contributed by atoms with E-state index >= 15 is 28.8 Å². The fraction of sp³-hybridized carbons (Fsp3) is 0.392. The van der Waals surface area contributed by atoms with Gasteiger partial charge in [-0.25, -0.2) is 9.59 Å². The summed E-state index contributed by atoms with van der Waals surface area (Å²) in [6.07, 6.45) is 3.54. The minimum Gasteiger partial charge on any atom is -0.461 e. The molecular weight excluding hydrogens is 1600 g/mol. The van der Waals surface area contributed by atoms with Crippen LogP contribution in [0.15, 0.2) is 182 Å². The van der Waals surface area contributed by atoms with Gasteiger partial charge in [-0.05, 0) is 178 Å².